The molecule has 0 saturated carbocycles. The number of carbonyl (C=O) groups excluding carboxylic acids is 2. The fourth-order valence-electron chi connectivity index (χ4n) is 1.56. The van der Waals surface area contributed by atoms with Crippen LogP contribution in [0.4, 0.5) is 4.39 Å². The number of hydrogen-bond acceptors (Lipinski definition) is 2. The van der Waals surface area contributed by atoms with Gasteiger partial charge in [0.2, 0.25) is 0 Å². The van der Waals surface area contributed by atoms with Gasteiger partial charge in [0.1, 0.15) is 5.82 Å². The Hall–Kier alpha value is -1.91. The number of carbonyl (C=O) groups is 2. The summed E-state index contributed by atoms with van der Waals surface area (Å²) in [6.07, 6.45) is 0. The molecule has 3 N–H and O–H groups in total. The summed E-state index contributed by atoms with van der Waals surface area (Å²) in [4.78, 5) is 21.7. The van der Waals surface area contributed by atoms with E-state index in [1.54, 1.807) is 19.1 Å². The van der Waals surface area contributed by atoms with E-state index < -0.39 is 17.2 Å². The number of rotatable bonds is 3. The van der Waals surface area contributed by atoms with Crippen molar-refractivity contribution in [1.82, 2.24) is 5.32 Å². The van der Waals surface area contributed by atoms with Crippen LogP contribution in [-0.2, 0) is 15.0 Å². The van der Waals surface area contributed by atoms with Crippen molar-refractivity contribution in [3.05, 3.63) is 35.1 Å². The third-order valence-electron chi connectivity index (χ3n) is 2.85. The molecular weight excluding hydrogens is 235 g/mol. The second kappa shape index (κ2) is 5.16. The maximum atomic E-state index is 13.2. The maximum absolute atomic E-state index is 13.2. The van der Waals surface area contributed by atoms with E-state index in [0.717, 1.165) is 5.56 Å². The van der Waals surface area contributed by atoms with Crippen LogP contribution in [0.15, 0.2) is 18.2 Å². The van der Waals surface area contributed by atoms with Crippen molar-refractivity contribution < 1.29 is 14.0 Å². The Morgan fingerprint density at radius 3 is 2.50 bits per heavy atom. The van der Waals surface area contributed by atoms with Gasteiger partial charge in [0.05, 0.1) is 0 Å². The normalized spacial score (nSPS) is 11.1. The number of hydrogen-bond donors (Lipinski definition) is 2. The molecule has 98 valence electrons. The van der Waals surface area contributed by atoms with Gasteiger partial charge in [-0.25, -0.2) is 4.39 Å². The lowest BCUT2D eigenvalue weighted by Gasteiger charge is -2.25. The summed E-state index contributed by atoms with van der Waals surface area (Å²) in [5.41, 5.74) is 5.86. The molecule has 0 aliphatic rings. The minimum Gasteiger partial charge on any atom is -0.361 e. The Balaban J connectivity index is 2.82. The minimum atomic E-state index is -1.01. The number of halogens is 1. The Morgan fingerprint density at radius 1 is 1.39 bits per heavy atom. The van der Waals surface area contributed by atoms with Gasteiger partial charge in [-0.05, 0) is 24.1 Å². The molecule has 0 aliphatic heterocycles. The number of primary amides is 1. The SMILES string of the molecule is Cc1cc(C(C)(C)CNC(=O)C(N)=O)ccc1F. The highest BCUT2D eigenvalue weighted by molar-refractivity contribution is 6.34. The smallest absolute Gasteiger partial charge is 0.309 e. The summed E-state index contributed by atoms with van der Waals surface area (Å²) in [7, 11) is 0. The molecule has 0 spiro atoms. The fourth-order valence-corrected chi connectivity index (χ4v) is 1.56. The first-order valence-corrected chi connectivity index (χ1v) is 5.58. The molecule has 0 bridgehead atoms. The van der Waals surface area contributed by atoms with Gasteiger partial charge in [0.15, 0.2) is 0 Å². The molecule has 1 aromatic rings. The first-order valence-electron chi connectivity index (χ1n) is 5.58. The molecule has 4 nitrogen and oxygen atoms in total. The zero-order valence-electron chi connectivity index (χ0n) is 10.7. The maximum Gasteiger partial charge on any atom is 0.309 e. The molecule has 0 aliphatic carbocycles. The van der Waals surface area contributed by atoms with Crippen LogP contribution in [0.1, 0.15) is 25.0 Å². The van der Waals surface area contributed by atoms with Crippen molar-refractivity contribution in [2.24, 2.45) is 5.73 Å². The number of amides is 2. The molecule has 0 aromatic heterocycles. The van der Waals surface area contributed by atoms with Gasteiger partial charge < -0.3 is 11.1 Å². The largest absolute Gasteiger partial charge is 0.361 e. The van der Waals surface area contributed by atoms with Crippen molar-refractivity contribution in [1.29, 1.82) is 0 Å². The quantitative estimate of drug-likeness (QED) is 0.788. The molecule has 2 amide bonds. The van der Waals surface area contributed by atoms with Crippen molar-refractivity contribution in [2.45, 2.75) is 26.2 Å². The standard InChI is InChI=1S/C13H17FN2O2/c1-8-6-9(4-5-10(8)14)13(2,3)7-16-12(18)11(15)17/h4-6H,7H2,1-3H3,(H2,15,17)(H,16,18). The molecule has 0 heterocycles. The van der Waals surface area contributed by atoms with E-state index in [4.69, 9.17) is 5.73 Å². The zero-order chi connectivity index (χ0) is 13.9. The predicted octanol–water partition coefficient (Wildman–Crippen LogP) is 1.01. The highest BCUT2D eigenvalue weighted by atomic mass is 19.1. The molecule has 1 rings (SSSR count). The zero-order valence-corrected chi connectivity index (χ0v) is 10.7. The van der Waals surface area contributed by atoms with Gasteiger partial charge in [0, 0.05) is 12.0 Å². The summed E-state index contributed by atoms with van der Waals surface area (Å²) in [5, 5.41) is 2.45. The van der Waals surface area contributed by atoms with Crippen molar-refractivity contribution in [3.8, 4) is 0 Å². The monoisotopic (exact) mass is 252 g/mol. The van der Waals surface area contributed by atoms with Crippen LogP contribution in [0.25, 0.3) is 0 Å². The third-order valence-corrected chi connectivity index (χ3v) is 2.85. The lowest BCUT2D eigenvalue weighted by molar-refractivity contribution is -0.137. The van der Waals surface area contributed by atoms with E-state index in [0.29, 0.717) is 5.56 Å². The number of benzene rings is 1. The molecule has 18 heavy (non-hydrogen) atoms. The second-order valence-electron chi connectivity index (χ2n) is 4.89. The Morgan fingerprint density at radius 2 is 2.00 bits per heavy atom. The van der Waals surface area contributed by atoms with Crippen molar-refractivity contribution in [2.75, 3.05) is 6.54 Å². The van der Waals surface area contributed by atoms with Gasteiger partial charge in [-0.3, -0.25) is 9.59 Å². The van der Waals surface area contributed by atoms with Gasteiger partial charge in [-0.15, -0.1) is 0 Å². The van der Waals surface area contributed by atoms with Gasteiger partial charge in [-0.2, -0.15) is 0 Å². The number of nitrogens with one attached hydrogen (secondary N) is 1. The Kier molecular flexibility index (Phi) is 4.06. The van der Waals surface area contributed by atoms with E-state index >= 15 is 0 Å². The highest BCUT2D eigenvalue weighted by Gasteiger charge is 2.23. The predicted molar refractivity (Wildman–Crippen MR) is 66.4 cm³/mol. The molecule has 0 atom stereocenters. The lowest BCUT2D eigenvalue weighted by atomic mass is 9.84. The van der Waals surface area contributed by atoms with Gasteiger partial charge in [-0.1, -0.05) is 26.0 Å². The fraction of sp³-hybridized carbons (Fsp3) is 0.385. The van der Waals surface area contributed by atoms with Crippen LogP contribution in [0.2, 0.25) is 0 Å². The molecule has 0 radical (unpaired) electrons. The van der Waals surface area contributed by atoms with Crippen LogP contribution in [-0.4, -0.2) is 18.4 Å². The Bertz CT molecular complexity index is 484. The van der Waals surface area contributed by atoms with Gasteiger partial charge >= 0.3 is 11.8 Å². The molecule has 0 unspecified atom stereocenters. The van der Waals surface area contributed by atoms with Crippen LogP contribution in [0, 0.1) is 12.7 Å². The van der Waals surface area contributed by atoms with Crippen molar-refractivity contribution in [3.63, 3.8) is 0 Å². The summed E-state index contributed by atoms with van der Waals surface area (Å²) in [5.74, 6) is -2.10. The van der Waals surface area contributed by atoms with Crippen LogP contribution in [0.3, 0.4) is 0 Å². The first-order chi connectivity index (χ1) is 8.24. The van der Waals surface area contributed by atoms with Crippen molar-refractivity contribution >= 4 is 11.8 Å². The summed E-state index contributed by atoms with van der Waals surface area (Å²) in [6.45, 7) is 5.71. The third kappa shape index (κ3) is 3.29. The van der Waals surface area contributed by atoms with E-state index in [-0.39, 0.29) is 12.4 Å². The van der Waals surface area contributed by atoms with E-state index in [1.165, 1.54) is 6.07 Å². The summed E-state index contributed by atoms with van der Waals surface area (Å²) < 4.78 is 13.2. The summed E-state index contributed by atoms with van der Waals surface area (Å²) >= 11 is 0. The van der Waals surface area contributed by atoms with E-state index in [9.17, 15) is 14.0 Å². The molecule has 0 fully saturated rings. The first kappa shape index (κ1) is 14.2. The van der Waals surface area contributed by atoms with Gasteiger partial charge in [0.25, 0.3) is 0 Å². The average Bonchev–Trinajstić information content (AvgIpc) is 2.29. The van der Waals surface area contributed by atoms with Crippen LogP contribution in [0.5, 0.6) is 0 Å². The average molecular weight is 252 g/mol. The minimum absolute atomic E-state index is 0.250. The number of nitrogens with two attached hydrogens (primary N) is 1. The second-order valence-corrected chi connectivity index (χ2v) is 4.89. The van der Waals surface area contributed by atoms with E-state index in [1.807, 2.05) is 13.8 Å². The number of aryl methyl sites for hydroxylation is 1. The Labute approximate surface area is 105 Å². The summed E-state index contributed by atoms with van der Waals surface area (Å²) in [6, 6.07) is 4.78. The van der Waals surface area contributed by atoms with Crippen LogP contribution < -0.4 is 11.1 Å². The molecular formula is C13H17FN2O2. The van der Waals surface area contributed by atoms with E-state index in [2.05, 4.69) is 5.32 Å². The highest BCUT2D eigenvalue weighted by Crippen LogP contribution is 2.24. The topological polar surface area (TPSA) is 72.2 Å². The molecule has 0 saturated heterocycles. The molecule has 1 aromatic carbocycles. The lowest BCUT2D eigenvalue weighted by Crippen LogP contribution is -2.42. The molecule has 5 heteroatoms. The van der Waals surface area contributed by atoms with Crippen LogP contribution >= 0.6 is 0 Å².